The van der Waals surface area contributed by atoms with Gasteiger partial charge in [-0.05, 0) is 17.8 Å². The van der Waals surface area contributed by atoms with E-state index < -0.39 is 11.8 Å². The van der Waals surface area contributed by atoms with E-state index in [1.165, 1.54) is 0 Å². The zero-order valence-corrected chi connectivity index (χ0v) is 8.32. The monoisotopic (exact) mass is 198 g/mol. The summed E-state index contributed by atoms with van der Waals surface area (Å²) in [5, 5.41) is 8.61. The molecule has 78 valence electrons. The molecule has 0 aromatic carbocycles. The van der Waals surface area contributed by atoms with Crippen LogP contribution in [0.2, 0.25) is 0 Å². The van der Waals surface area contributed by atoms with Gasteiger partial charge in [0.25, 0.3) is 0 Å². The number of carboxylic acid groups (broad SMARTS) is 1. The maximum atomic E-state index is 11.1. The van der Waals surface area contributed by atoms with Crippen molar-refractivity contribution in [1.29, 1.82) is 0 Å². The molecule has 0 aliphatic heterocycles. The summed E-state index contributed by atoms with van der Waals surface area (Å²) in [4.78, 5) is 31.9. The van der Waals surface area contributed by atoms with Gasteiger partial charge < -0.3 is 5.11 Å². The van der Waals surface area contributed by atoms with Gasteiger partial charge in [-0.25, -0.2) is 0 Å². The molecule has 4 nitrogen and oxygen atoms in total. The molecule has 0 aromatic heterocycles. The molecule has 2 unspecified atom stereocenters. The second-order valence-electron chi connectivity index (χ2n) is 4.42. The van der Waals surface area contributed by atoms with Crippen LogP contribution in [-0.2, 0) is 14.4 Å². The number of hydrogen-bond acceptors (Lipinski definition) is 3. The zero-order valence-electron chi connectivity index (χ0n) is 8.32. The van der Waals surface area contributed by atoms with Crippen molar-refractivity contribution >= 4 is 18.0 Å². The summed E-state index contributed by atoms with van der Waals surface area (Å²) in [6, 6.07) is 0. The smallest absolute Gasteiger partial charge is 0.303 e. The lowest BCUT2D eigenvalue weighted by Gasteiger charge is -2.50. The summed E-state index contributed by atoms with van der Waals surface area (Å²) in [5.74, 6) is -1.53. The number of aliphatic carboxylic acids is 1. The number of carboxylic acids is 1. The number of hydrogen-bond donors (Lipinski definition) is 1. The first-order valence-corrected chi connectivity index (χ1v) is 4.60. The van der Waals surface area contributed by atoms with Gasteiger partial charge in [0.2, 0.25) is 0 Å². The summed E-state index contributed by atoms with van der Waals surface area (Å²) < 4.78 is 0. The Morgan fingerprint density at radius 3 is 2.43 bits per heavy atom. The Morgan fingerprint density at radius 1 is 1.50 bits per heavy atom. The number of rotatable bonds is 4. The van der Waals surface area contributed by atoms with E-state index in [9.17, 15) is 14.4 Å². The SMILES string of the molecule is CC1(C)C(CC(=O)O)CC1C(=O)C=O. The lowest BCUT2D eigenvalue weighted by molar-refractivity contribution is -0.151. The average Bonchev–Trinajstić information content (AvgIpc) is 2.10. The van der Waals surface area contributed by atoms with Gasteiger partial charge in [0.05, 0.1) is 0 Å². The van der Waals surface area contributed by atoms with E-state index >= 15 is 0 Å². The third-order valence-corrected chi connectivity index (χ3v) is 3.35. The molecule has 0 spiro atoms. The molecular formula is C10H14O4. The van der Waals surface area contributed by atoms with E-state index in [1.807, 2.05) is 13.8 Å². The van der Waals surface area contributed by atoms with Crippen LogP contribution >= 0.6 is 0 Å². The van der Waals surface area contributed by atoms with Crippen LogP contribution in [0.1, 0.15) is 26.7 Å². The highest BCUT2D eigenvalue weighted by molar-refractivity contribution is 6.26. The Bertz CT molecular complexity index is 280. The second kappa shape index (κ2) is 3.52. The Hall–Kier alpha value is -1.19. The molecule has 0 heterocycles. The standard InChI is InChI=1S/C10H14O4/c1-10(2)6(4-9(13)14)3-7(10)8(12)5-11/h5-7H,3-4H2,1-2H3,(H,13,14). The third-order valence-electron chi connectivity index (χ3n) is 3.35. The number of carbonyl (C=O) groups excluding carboxylic acids is 2. The van der Waals surface area contributed by atoms with Crippen LogP contribution in [0.25, 0.3) is 0 Å². The number of Topliss-reactive ketones (excluding diaryl/α,β-unsaturated/α-hetero) is 1. The fourth-order valence-corrected chi connectivity index (χ4v) is 2.14. The van der Waals surface area contributed by atoms with E-state index in [2.05, 4.69) is 0 Å². The van der Waals surface area contributed by atoms with Crippen molar-refractivity contribution < 1.29 is 19.5 Å². The van der Waals surface area contributed by atoms with Crippen molar-refractivity contribution in [2.75, 3.05) is 0 Å². The van der Waals surface area contributed by atoms with Crippen LogP contribution < -0.4 is 0 Å². The number of carbonyl (C=O) groups is 3. The van der Waals surface area contributed by atoms with E-state index in [0.717, 1.165) is 0 Å². The molecular weight excluding hydrogens is 184 g/mol. The fraction of sp³-hybridized carbons (Fsp3) is 0.700. The highest BCUT2D eigenvalue weighted by Gasteiger charge is 2.51. The highest BCUT2D eigenvalue weighted by atomic mass is 16.4. The molecule has 1 aliphatic rings. The van der Waals surface area contributed by atoms with Crippen molar-refractivity contribution in [3.63, 3.8) is 0 Å². The van der Waals surface area contributed by atoms with E-state index in [-0.39, 0.29) is 23.7 Å². The fourth-order valence-electron chi connectivity index (χ4n) is 2.14. The number of ketones is 1. The molecule has 1 rings (SSSR count). The van der Waals surface area contributed by atoms with Crippen LogP contribution in [0.15, 0.2) is 0 Å². The summed E-state index contributed by atoms with van der Waals surface area (Å²) in [6.07, 6.45) is 0.940. The Kier molecular flexibility index (Phi) is 2.73. The predicted molar refractivity (Wildman–Crippen MR) is 48.7 cm³/mol. The lowest BCUT2D eigenvalue weighted by atomic mass is 9.53. The first-order valence-electron chi connectivity index (χ1n) is 4.60. The summed E-state index contributed by atoms with van der Waals surface area (Å²) in [6.45, 7) is 3.69. The Morgan fingerprint density at radius 2 is 2.07 bits per heavy atom. The van der Waals surface area contributed by atoms with Gasteiger partial charge in [0, 0.05) is 12.3 Å². The van der Waals surface area contributed by atoms with Crippen LogP contribution in [0, 0.1) is 17.3 Å². The molecule has 4 heteroatoms. The first-order chi connectivity index (χ1) is 6.39. The molecule has 1 N–H and O–H groups in total. The maximum absolute atomic E-state index is 11.1. The van der Waals surface area contributed by atoms with E-state index in [4.69, 9.17) is 5.11 Å². The highest BCUT2D eigenvalue weighted by Crippen LogP contribution is 2.52. The third kappa shape index (κ3) is 1.69. The molecule has 0 saturated heterocycles. The summed E-state index contributed by atoms with van der Waals surface area (Å²) >= 11 is 0. The molecule has 1 saturated carbocycles. The maximum Gasteiger partial charge on any atom is 0.303 e. The van der Waals surface area contributed by atoms with Crippen molar-refractivity contribution in [3.05, 3.63) is 0 Å². The molecule has 0 amide bonds. The molecule has 1 fully saturated rings. The van der Waals surface area contributed by atoms with Crippen LogP contribution in [0.5, 0.6) is 0 Å². The summed E-state index contributed by atoms with van der Waals surface area (Å²) in [5.41, 5.74) is -0.351. The van der Waals surface area contributed by atoms with Crippen LogP contribution in [-0.4, -0.2) is 23.1 Å². The van der Waals surface area contributed by atoms with Gasteiger partial charge in [-0.1, -0.05) is 13.8 Å². The molecule has 2 atom stereocenters. The average molecular weight is 198 g/mol. The second-order valence-corrected chi connectivity index (χ2v) is 4.42. The Labute approximate surface area is 82.3 Å². The van der Waals surface area contributed by atoms with Crippen molar-refractivity contribution in [3.8, 4) is 0 Å². The Balaban J connectivity index is 2.63. The largest absolute Gasteiger partial charge is 0.481 e. The van der Waals surface area contributed by atoms with Gasteiger partial charge in [-0.3, -0.25) is 14.4 Å². The van der Waals surface area contributed by atoms with Crippen molar-refractivity contribution in [2.24, 2.45) is 17.3 Å². The molecule has 0 bridgehead atoms. The van der Waals surface area contributed by atoms with E-state index in [0.29, 0.717) is 12.7 Å². The number of aldehydes is 1. The minimum absolute atomic E-state index is 0.00824. The quantitative estimate of drug-likeness (QED) is 0.538. The van der Waals surface area contributed by atoms with Crippen molar-refractivity contribution in [1.82, 2.24) is 0 Å². The minimum atomic E-state index is -0.847. The van der Waals surface area contributed by atoms with Gasteiger partial charge in [0.1, 0.15) is 0 Å². The van der Waals surface area contributed by atoms with Gasteiger partial charge in [-0.2, -0.15) is 0 Å². The van der Waals surface area contributed by atoms with E-state index in [1.54, 1.807) is 0 Å². The predicted octanol–water partition coefficient (Wildman–Crippen LogP) is 0.891. The zero-order chi connectivity index (χ0) is 10.9. The van der Waals surface area contributed by atoms with Crippen molar-refractivity contribution in [2.45, 2.75) is 26.7 Å². The minimum Gasteiger partial charge on any atom is -0.481 e. The normalized spacial score (nSPS) is 29.0. The van der Waals surface area contributed by atoms with Gasteiger partial charge >= 0.3 is 5.97 Å². The van der Waals surface area contributed by atoms with Gasteiger partial charge in [0.15, 0.2) is 12.1 Å². The van der Waals surface area contributed by atoms with Crippen LogP contribution in [0.4, 0.5) is 0 Å². The molecule has 1 aliphatic carbocycles. The lowest BCUT2D eigenvalue weighted by Crippen LogP contribution is -2.49. The topological polar surface area (TPSA) is 71.4 Å². The molecule has 14 heavy (non-hydrogen) atoms. The van der Waals surface area contributed by atoms with Crippen LogP contribution in [0.3, 0.4) is 0 Å². The summed E-state index contributed by atoms with van der Waals surface area (Å²) in [7, 11) is 0. The first kappa shape index (κ1) is 10.9. The van der Waals surface area contributed by atoms with Gasteiger partial charge in [-0.15, -0.1) is 0 Å². The molecule has 0 aromatic rings. The molecule has 0 radical (unpaired) electrons.